The van der Waals surface area contributed by atoms with Crippen molar-refractivity contribution in [2.75, 3.05) is 11.9 Å². The summed E-state index contributed by atoms with van der Waals surface area (Å²) in [6.45, 7) is 9.02. The van der Waals surface area contributed by atoms with Crippen LogP contribution in [0.2, 0.25) is 5.02 Å². The molecule has 0 aliphatic carbocycles. The van der Waals surface area contributed by atoms with Gasteiger partial charge in [0.2, 0.25) is 0 Å². The van der Waals surface area contributed by atoms with E-state index in [0.29, 0.717) is 6.04 Å². The number of hydrogen-bond acceptors (Lipinski definition) is 1. The maximum Gasteiger partial charge on any atom is 0.0467 e. The van der Waals surface area contributed by atoms with Gasteiger partial charge in [0.25, 0.3) is 0 Å². The Morgan fingerprint density at radius 1 is 1.35 bits per heavy atom. The lowest BCUT2D eigenvalue weighted by Gasteiger charge is -2.37. The molecule has 0 amide bonds. The summed E-state index contributed by atoms with van der Waals surface area (Å²) in [5.41, 5.74) is 2.60. The van der Waals surface area contributed by atoms with Crippen molar-refractivity contribution >= 4 is 33.2 Å². The van der Waals surface area contributed by atoms with E-state index in [1.807, 2.05) is 12.1 Å². The third-order valence-electron chi connectivity index (χ3n) is 3.44. The van der Waals surface area contributed by atoms with Crippen molar-refractivity contribution in [3.05, 3.63) is 28.8 Å². The average Bonchev–Trinajstić information content (AvgIpc) is 2.25. The van der Waals surface area contributed by atoms with Crippen molar-refractivity contribution in [2.45, 2.75) is 39.1 Å². The molecule has 96 valence electrons. The van der Waals surface area contributed by atoms with Gasteiger partial charge in [0.15, 0.2) is 0 Å². The third-order valence-corrected chi connectivity index (χ3v) is 4.36. The van der Waals surface area contributed by atoms with Crippen LogP contribution in [0.25, 0.3) is 0 Å². The second kappa shape index (κ2) is 5.62. The average molecular weight is 319 g/mol. The standard InChI is InChI=1S/C14H21BrClN/c1-10(14(2,3)4)17(5)13-8-6-7-12(16)11(13)9-15/h6-8,10H,9H2,1-5H3. The molecule has 1 nitrogen and oxygen atoms in total. The molecule has 1 aromatic rings. The number of halogens is 2. The molecule has 0 aliphatic heterocycles. The summed E-state index contributed by atoms with van der Waals surface area (Å²) in [4.78, 5) is 2.31. The first kappa shape index (κ1) is 14.8. The number of hydrogen-bond donors (Lipinski definition) is 0. The minimum Gasteiger partial charge on any atom is -0.371 e. The monoisotopic (exact) mass is 317 g/mol. The van der Waals surface area contributed by atoms with Crippen molar-refractivity contribution in [3.63, 3.8) is 0 Å². The van der Waals surface area contributed by atoms with Crippen LogP contribution in [0.3, 0.4) is 0 Å². The Morgan fingerprint density at radius 2 is 1.94 bits per heavy atom. The fourth-order valence-corrected chi connectivity index (χ4v) is 2.79. The number of alkyl halides is 1. The highest BCUT2D eigenvalue weighted by molar-refractivity contribution is 9.08. The lowest BCUT2D eigenvalue weighted by molar-refractivity contribution is 0.329. The lowest BCUT2D eigenvalue weighted by Crippen LogP contribution is -2.39. The van der Waals surface area contributed by atoms with E-state index < -0.39 is 0 Å². The van der Waals surface area contributed by atoms with Crippen molar-refractivity contribution in [1.29, 1.82) is 0 Å². The molecule has 0 saturated carbocycles. The van der Waals surface area contributed by atoms with Gasteiger partial charge in [-0.05, 0) is 24.5 Å². The smallest absolute Gasteiger partial charge is 0.0467 e. The van der Waals surface area contributed by atoms with Gasteiger partial charge in [-0.15, -0.1) is 0 Å². The predicted octanol–water partition coefficient (Wildman–Crippen LogP) is 5.11. The van der Waals surface area contributed by atoms with E-state index in [4.69, 9.17) is 11.6 Å². The van der Waals surface area contributed by atoms with Crippen molar-refractivity contribution in [1.82, 2.24) is 0 Å². The maximum atomic E-state index is 6.24. The summed E-state index contributed by atoms with van der Waals surface area (Å²) in [6, 6.07) is 6.52. The third kappa shape index (κ3) is 3.38. The summed E-state index contributed by atoms with van der Waals surface area (Å²) < 4.78 is 0. The highest BCUT2D eigenvalue weighted by Gasteiger charge is 2.25. The van der Waals surface area contributed by atoms with Crippen LogP contribution in [-0.2, 0) is 5.33 Å². The second-order valence-electron chi connectivity index (χ2n) is 5.52. The molecule has 0 fully saturated rings. The molecule has 3 heteroatoms. The van der Waals surface area contributed by atoms with Crippen molar-refractivity contribution in [2.24, 2.45) is 5.41 Å². The van der Waals surface area contributed by atoms with E-state index in [0.717, 1.165) is 15.9 Å². The van der Waals surface area contributed by atoms with E-state index in [1.165, 1.54) is 5.69 Å². The van der Waals surface area contributed by atoms with Crippen LogP contribution in [0.5, 0.6) is 0 Å². The van der Waals surface area contributed by atoms with Gasteiger partial charge >= 0.3 is 0 Å². The molecular formula is C14H21BrClN. The zero-order chi connectivity index (χ0) is 13.2. The number of benzene rings is 1. The Kier molecular flexibility index (Phi) is 4.91. The quantitative estimate of drug-likeness (QED) is 0.700. The van der Waals surface area contributed by atoms with Crippen LogP contribution in [0.1, 0.15) is 33.3 Å². The van der Waals surface area contributed by atoms with E-state index in [-0.39, 0.29) is 5.41 Å². The highest BCUT2D eigenvalue weighted by Crippen LogP contribution is 2.33. The van der Waals surface area contributed by atoms with Crippen LogP contribution >= 0.6 is 27.5 Å². The Labute approximate surface area is 118 Å². The van der Waals surface area contributed by atoms with Crippen molar-refractivity contribution in [3.8, 4) is 0 Å². The molecule has 1 aromatic carbocycles. The highest BCUT2D eigenvalue weighted by atomic mass is 79.9. The van der Waals surface area contributed by atoms with Gasteiger partial charge in [-0.1, -0.05) is 54.4 Å². The molecule has 0 spiro atoms. The zero-order valence-corrected chi connectivity index (χ0v) is 13.6. The number of nitrogens with zero attached hydrogens (tertiary/aromatic N) is 1. The molecule has 0 aromatic heterocycles. The number of anilines is 1. The molecule has 1 unspecified atom stereocenters. The van der Waals surface area contributed by atoms with Gasteiger partial charge in [0, 0.05) is 34.7 Å². The van der Waals surface area contributed by atoms with Crippen LogP contribution in [0.4, 0.5) is 5.69 Å². The first-order valence-electron chi connectivity index (χ1n) is 5.85. The fourth-order valence-electron chi connectivity index (χ4n) is 1.80. The van der Waals surface area contributed by atoms with Gasteiger partial charge in [0.1, 0.15) is 0 Å². The maximum absolute atomic E-state index is 6.24. The Morgan fingerprint density at radius 3 is 2.41 bits per heavy atom. The molecule has 0 heterocycles. The molecule has 0 saturated heterocycles. The Balaban J connectivity index is 3.12. The van der Waals surface area contributed by atoms with Crippen LogP contribution in [0.15, 0.2) is 18.2 Å². The van der Waals surface area contributed by atoms with Crippen LogP contribution < -0.4 is 4.90 Å². The first-order chi connectivity index (χ1) is 7.79. The second-order valence-corrected chi connectivity index (χ2v) is 6.49. The van der Waals surface area contributed by atoms with E-state index in [1.54, 1.807) is 0 Å². The largest absolute Gasteiger partial charge is 0.371 e. The van der Waals surface area contributed by atoms with Gasteiger partial charge in [-0.3, -0.25) is 0 Å². The molecule has 0 bridgehead atoms. The Bertz CT molecular complexity index is 384. The van der Waals surface area contributed by atoms with Gasteiger partial charge in [-0.25, -0.2) is 0 Å². The lowest BCUT2D eigenvalue weighted by atomic mass is 9.86. The molecule has 17 heavy (non-hydrogen) atoms. The van der Waals surface area contributed by atoms with Gasteiger partial charge in [0.05, 0.1) is 0 Å². The van der Waals surface area contributed by atoms with E-state index >= 15 is 0 Å². The summed E-state index contributed by atoms with van der Waals surface area (Å²) in [5, 5.41) is 1.61. The summed E-state index contributed by atoms with van der Waals surface area (Å²) in [5.74, 6) is 0. The van der Waals surface area contributed by atoms with Gasteiger partial charge in [-0.2, -0.15) is 0 Å². The summed E-state index contributed by atoms with van der Waals surface area (Å²) in [6.07, 6.45) is 0. The minimum atomic E-state index is 0.237. The first-order valence-corrected chi connectivity index (χ1v) is 7.35. The summed E-state index contributed by atoms with van der Waals surface area (Å²) >= 11 is 9.75. The molecule has 1 rings (SSSR count). The topological polar surface area (TPSA) is 3.24 Å². The Hall–Kier alpha value is -0.210. The number of rotatable bonds is 3. The van der Waals surface area contributed by atoms with Gasteiger partial charge < -0.3 is 4.90 Å². The van der Waals surface area contributed by atoms with Crippen LogP contribution in [-0.4, -0.2) is 13.1 Å². The van der Waals surface area contributed by atoms with Crippen molar-refractivity contribution < 1.29 is 0 Å². The SMILES string of the molecule is CC(N(C)c1cccc(Cl)c1CBr)C(C)(C)C. The van der Waals surface area contributed by atoms with Crippen LogP contribution in [0, 0.1) is 5.41 Å². The normalized spacial score (nSPS) is 13.6. The van der Waals surface area contributed by atoms with E-state index in [9.17, 15) is 0 Å². The molecule has 0 radical (unpaired) electrons. The summed E-state index contributed by atoms with van der Waals surface area (Å²) in [7, 11) is 2.13. The molecule has 0 aliphatic rings. The predicted molar refractivity (Wildman–Crippen MR) is 81.4 cm³/mol. The van der Waals surface area contributed by atoms with E-state index in [2.05, 4.69) is 61.6 Å². The minimum absolute atomic E-state index is 0.237. The molecule has 1 atom stereocenters. The fraction of sp³-hybridized carbons (Fsp3) is 0.571. The molecule has 0 N–H and O–H groups in total. The zero-order valence-electron chi connectivity index (χ0n) is 11.2. The molecular weight excluding hydrogens is 298 g/mol.